The van der Waals surface area contributed by atoms with Crippen LogP contribution in [-0.4, -0.2) is 21.3 Å². The van der Waals surface area contributed by atoms with Crippen LogP contribution >= 0.6 is 15.9 Å². The third kappa shape index (κ3) is 1.54. The minimum atomic E-state index is 0.610. The Labute approximate surface area is 67.6 Å². The molecule has 0 saturated carbocycles. The molecule has 0 unspecified atom stereocenters. The van der Waals surface area contributed by atoms with Gasteiger partial charge in [0.05, 0.1) is 0 Å². The molecule has 10 heavy (non-hydrogen) atoms. The summed E-state index contributed by atoms with van der Waals surface area (Å²) in [5.41, 5.74) is 5.34. The second-order valence-electron chi connectivity index (χ2n) is 1.96. The van der Waals surface area contributed by atoms with Crippen molar-refractivity contribution in [1.82, 2.24) is 14.8 Å². The maximum atomic E-state index is 5.34. The SMILES string of the molecule is Cn1nc(Br)nc1CCN. The van der Waals surface area contributed by atoms with Crippen molar-refractivity contribution in [2.45, 2.75) is 6.42 Å². The van der Waals surface area contributed by atoms with E-state index in [0.717, 1.165) is 12.2 Å². The number of hydrogen-bond acceptors (Lipinski definition) is 3. The molecule has 0 atom stereocenters. The first-order chi connectivity index (χ1) is 4.74. The molecule has 0 aliphatic carbocycles. The Bertz CT molecular complexity index is 219. The highest BCUT2D eigenvalue weighted by molar-refractivity contribution is 9.10. The standard InChI is InChI=1S/C5H9BrN4/c1-10-4(2-3-7)8-5(6)9-10/h2-3,7H2,1H3. The third-order valence-corrected chi connectivity index (χ3v) is 1.53. The molecule has 0 fully saturated rings. The number of halogens is 1. The van der Waals surface area contributed by atoms with Crippen LogP contribution < -0.4 is 5.73 Å². The molecule has 0 aliphatic rings. The first-order valence-corrected chi connectivity index (χ1v) is 3.79. The Morgan fingerprint density at radius 1 is 1.70 bits per heavy atom. The predicted octanol–water partition coefficient (Wildman–Crippen LogP) is 0.0788. The molecule has 0 radical (unpaired) electrons. The van der Waals surface area contributed by atoms with Crippen LogP contribution in [0.1, 0.15) is 5.82 Å². The highest BCUT2D eigenvalue weighted by atomic mass is 79.9. The van der Waals surface area contributed by atoms with Crippen LogP contribution in [0.25, 0.3) is 0 Å². The van der Waals surface area contributed by atoms with E-state index in [1.165, 1.54) is 0 Å². The van der Waals surface area contributed by atoms with E-state index < -0.39 is 0 Å². The van der Waals surface area contributed by atoms with E-state index in [1.54, 1.807) is 4.68 Å². The number of nitrogens with two attached hydrogens (primary N) is 1. The van der Waals surface area contributed by atoms with Crippen molar-refractivity contribution in [3.05, 3.63) is 10.6 Å². The highest BCUT2D eigenvalue weighted by Gasteiger charge is 2.01. The predicted molar refractivity (Wildman–Crippen MR) is 41.5 cm³/mol. The second kappa shape index (κ2) is 3.12. The van der Waals surface area contributed by atoms with Gasteiger partial charge in [0.2, 0.25) is 4.73 Å². The minimum absolute atomic E-state index is 0.610. The molecule has 5 heteroatoms. The Balaban J connectivity index is 2.81. The number of rotatable bonds is 2. The highest BCUT2D eigenvalue weighted by Crippen LogP contribution is 2.02. The summed E-state index contributed by atoms with van der Waals surface area (Å²) in [5, 5.41) is 4.00. The van der Waals surface area contributed by atoms with Crippen molar-refractivity contribution in [2.75, 3.05) is 6.54 Å². The van der Waals surface area contributed by atoms with Crippen LogP contribution in [0, 0.1) is 0 Å². The summed E-state index contributed by atoms with van der Waals surface area (Å²) < 4.78 is 2.34. The van der Waals surface area contributed by atoms with Crippen molar-refractivity contribution in [3.8, 4) is 0 Å². The fraction of sp³-hybridized carbons (Fsp3) is 0.600. The maximum Gasteiger partial charge on any atom is 0.217 e. The lowest BCUT2D eigenvalue weighted by Gasteiger charge is -1.93. The van der Waals surface area contributed by atoms with Crippen molar-refractivity contribution < 1.29 is 0 Å². The van der Waals surface area contributed by atoms with Gasteiger partial charge < -0.3 is 5.73 Å². The lowest BCUT2D eigenvalue weighted by atomic mass is 10.4. The molecule has 0 bridgehead atoms. The van der Waals surface area contributed by atoms with Crippen LogP contribution in [0.5, 0.6) is 0 Å². The molecule has 1 rings (SSSR count). The Hall–Kier alpha value is -0.420. The monoisotopic (exact) mass is 204 g/mol. The van der Waals surface area contributed by atoms with Gasteiger partial charge in [-0.15, -0.1) is 5.10 Å². The average Bonchev–Trinajstić information content (AvgIpc) is 2.13. The molecule has 1 aromatic heterocycles. The maximum absolute atomic E-state index is 5.34. The quantitative estimate of drug-likeness (QED) is 0.743. The fourth-order valence-electron chi connectivity index (χ4n) is 0.730. The molecule has 0 aromatic carbocycles. The number of aromatic nitrogens is 3. The van der Waals surface area contributed by atoms with Gasteiger partial charge in [-0.25, -0.2) is 4.98 Å². The molecule has 0 amide bonds. The molecule has 56 valence electrons. The average molecular weight is 205 g/mol. The number of hydrogen-bond donors (Lipinski definition) is 1. The molecule has 0 spiro atoms. The molecular weight excluding hydrogens is 196 g/mol. The van der Waals surface area contributed by atoms with Gasteiger partial charge >= 0.3 is 0 Å². The Morgan fingerprint density at radius 2 is 2.40 bits per heavy atom. The van der Waals surface area contributed by atoms with Gasteiger partial charge in [0, 0.05) is 13.5 Å². The van der Waals surface area contributed by atoms with Crippen LogP contribution in [0.2, 0.25) is 0 Å². The van der Waals surface area contributed by atoms with Gasteiger partial charge in [-0.3, -0.25) is 4.68 Å². The summed E-state index contributed by atoms with van der Waals surface area (Å²) in [6.45, 7) is 0.610. The summed E-state index contributed by atoms with van der Waals surface area (Å²) in [7, 11) is 1.85. The number of nitrogens with zero attached hydrogens (tertiary/aromatic N) is 3. The van der Waals surface area contributed by atoms with Gasteiger partial charge in [-0.05, 0) is 22.5 Å². The smallest absolute Gasteiger partial charge is 0.217 e. The minimum Gasteiger partial charge on any atom is -0.330 e. The van der Waals surface area contributed by atoms with Gasteiger partial charge in [-0.1, -0.05) is 0 Å². The van der Waals surface area contributed by atoms with E-state index in [0.29, 0.717) is 11.3 Å². The summed E-state index contributed by atoms with van der Waals surface area (Å²) in [5.74, 6) is 0.911. The van der Waals surface area contributed by atoms with Crippen LogP contribution in [0.3, 0.4) is 0 Å². The summed E-state index contributed by atoms with van der Waals surface area (Å²) >= 11 is 3.17. The molecular formula is C5H9BrN4. The molecule has 0 aliphatic heterocycles. The van der Waals surface area contributed by atoms with Gasteiger partial charge in [0.1, 0.15) is 5.82 Å². The van der Waals surface area contributed by atoms with Crippen molar-refractivity contribution in [3.63, 3.8) is 0 Å². The fourth-order valence-corrected chi connectivity index (χ4v) is 1.17. The largest absolute Gasteiger partial charge is 0.330 e. The van der Waals surface area contributed by atoms with E-state index >= 15 is 0 Å². The number of aryl methyl sites for hydroxylation is 1. The van der Waals surface area contributed by atoms with E-state index in [9.17, 15) is 0 Å². The van der Waals surface area contributed by atoms with E-state index in [-0.39, 0.29) is 0 Å². The van der Waals surface area contributed by atoms with E-state index in [1.807, 2.05) is 7.05 Å². The molecule has 4 nitrogen and oxygen atoms in total. The van der Waals surface area contributed by atoms with Crippen molar-refractivity contribution in [1.29, 1.82) is 0 Å². The zero-order chi connectivity index (χ0) is 7.56. The normalized spacial score (nSPS) is 10.3. The third-order valence-electron chi connectivity index (χ3n) is 1.20. The molecule has 2 N–H and O–H groups in total. The molecule has 0 saturated heterocycles. The van der Waals surface area contributed by atoms with E-state index in [2.05, 4.69) is 26.0 Å². The first kappa shape index (κ1) is 7.68. The van der Waals surface area contributed by atoms with E-state index in [4.69, 9.17) is 5.73 Å². The van der Waals surface area contributed by atoms with Gasteiger partial charge in [0.25, 0.3) is 0 Å². The van der Waals surface area contributed by atoms with Gasteiger partial charge in [-0.2, -0.15) is 0 Å². The van der Waals surface area contributed by atoms with Crippen LogP contribution in [-0.2, 0) is 13.5 Å². The summed E-state index contributed by atoms with van der Waals surface area (Å²) in [6.07, 6.45) is 0.773. The van der Waals surface area contributed by atoms with Crippen molar-refractivity contribution >= 4 is 15.9 Å². The summed E-state index contributed by atoms with van der Waals surface area (Å²) in [6, 6.07) is 0. The molecule has 1 heterocycles. The van der Waals surface area contributed by atoms with Crippen molar-refractivity contribution in [2.24, 2.45) is 12.8 Å². The Kier molecular flexibility index (Phi) is 2.39. The lowest BCUT2D eigenvalue weighted by Crippen LogP contribution is -2.08. The topological polar surface area (TPSA) is 56.7 Å². The van der Waals surface area contributed by atoms with Gasteiger partial charge in [0.15, 0.2) is 0 Å². The zero-order valence-corrected chi connectivity index (χ0v) is 7.30. The summed E-state index contributed by atoms with van der Waals surface area (Å²) in [4.78, 5) is 4.09. The Morgan fingerprint density at radius 3 is 2.80 bits per heavy atom. The van der Waals surface area contributed by atoms with Crippen LogP contribution in [0.4, 0.5) is 0 Å². The first-order valence-electron chi connectivity index (χ1n) is 2.99. The second-order valence-corrected chi connectivity index (χ2v) is 2.67. The zero-order valence-electron chi connectivity index (χ0n) is 5.71. The van der Waals surface area contributed by atoms with Crippen LogP contribution in [0.15, 0.2) is 4.73 Å². The lowest BCUT2D eigenvalue weighted by molar-refractivity contribution is 0.694. The molecule has 1 aromatic rings.